The highest BCUT2D eigenvalue weighted by atomic mass is 32.2. The van der Waals surface area contributed by atoms with Crippen LogP contribution in [0, 0.1) is 5.92 Å². The van der Waals surface area contributed by atoms with Gasteiger partial charge in [0.1, 0.15) is 11.1 Å². The fraction of sp³-hybridized carbons (Fsp3) is 0.769. The first-order valence-electron chi connectivity index (χ1n) is 6.85. The summed E-state index contributed by atoms with van der Waals surface area (Å²) < 4.78 is 26.1. The molecule has 0 radical (unpaired) electrons. The third-order valence-corrected chi connectivity index (χ3v) is 5.90. The Morgan fingerprint density at radius 1 is 1.42 bits per heavy atom. The second-order valence-electron chi connectivity index (χ2n) is 5.82. The zero-order valence-corrected chi connectivity index (χ0v) is 12.7. The van der Waals surface area contributed by atoms with Gasteiger partial charge < -0.3 is 5.73 Å². The Kier molecular flexibility index (Phi) is 3.90. The van der Waals surface area contributed by atoms with Gasteiger partial charge in [-0.3, -0.25) is 4.68 Å². The Labute approximate surface area is 115 Å². The van der Waals surface area contributed by atoms with Gasteiger partial charge in [0.05, 0.1) is 11.4 Å². The average molecular weight is 285 g/mol. The van der Waals surface area contributed by atoms with Crippen molar-refractivity contribution in [3.8, 4) is 0 Å². The molecular weight excluding hydrogens is 262 g/mol. The van der Waals surface area contributed by atoms with Gasteiger partial charge in [0, 0.05) is 12.6 Å². The van der Waals surface area contributed by atoms with Crippen LogP contribution in [-0.4, -0.2) is 24.0 Å². The van der Waals surface area contributed by atoms with Crippen molar-refractivity contribution >= 4 is 15.7 Å². The summed E-state index contributed by atoms with van der Waals surface area (Å²) in [6.07, 6.45) is 3.16. The van der Waals surface area contributed by atoms with Crippen LogP contribution in [0.5, 0.6) is 0 Å². The van der Waals surface area contributed by atoms with E-state index in [0.29, 0.717) is 23.9 Å². The molecule has 1 fully saturated rings. The summed E-state index contributed by atoms with van der Waals surface area (Å²) in [5.74, 6) is 1.30. The number of nitrogens with two attached hydrogens (primary N) is 1. The Bertz CT molecular complexity index is 561. The van der Waals surface area contributed by atoms with Crippen LogP contribution in [0.3, 0.4) is 0 Å². The molecule has 1 aromatic heterocycles. The minimum Gasteiger partial charge on any atom is -0.384 e. The third-order valence-electron chi connectivity index (χ3n) is 3.72. The largest absolute Gasteiger partial charge is 0.384 e. The van der Waals surface area contributed by atoms with Crippen molar-refractivity contribution in [2.75, 3.05) is 11.5 Å². The quantitative estimate of drug-likeness (QED) is 0.919. The van der Waals surface area contributed by atoms with E-state index in [1.165, 1.54) is 0 Å². The van der Waals surface area contributed by atoms with Crippen LogP contribution in [0.1, 0.15) is 49.6 Å². The molecule has 19 heavy (non-hydrogen) atoms. The summed E-state index contributed by atoms with van der Waals surface area (Å²) in [5, 5.41) is 3.94. The van der Waals surface area contributed by atoms with Gasteiger partial charge in [-0.2, -0.15) is 5.10 Å². The maximum absolute atomic E-state index is 12.3. The van der Waals surface area contributed by atoms with E-state index in [1.807, 2.05) is 0 Å². The summed E-state index contributed by atoms with van der Waals surface area (Å²) in [7, 11) is -1.29. The Hall–Kier alpha value is -1.04. The van der Waals surface area contributed by atoms with Gasteiger partial charge in [-0.25, -0.2) is 8.42 Å². The molecule has 0 amide bonds. The van der Waals surface area contributed by atoms with Crippen LogP contribution in [0.15, 0.2) is 0 Å². The molecule has 0 aliphatic carbocycles. The zero-order chi connectivity index (χ0) is 14.2. The van der Waals surface area contributed by atoms with Gasteiger partial charge >= 0.3 is 0 Å². The first-order valence-corrected chi connectivity index (χ1v) is 8.57. The Balaban J connectivity index is 2.46. The lowest BCUT2D eigenvalue weighted by Gasteiger charge is -2.22. The van der Waals surface area contributed by atoms with Crippen molar-refractivity contribution in [2.24, 2.45) is 13.0 Å². The van der Waals surface area contributed by atoms with E-state index in [4.69, 9.17) is 5.73 Å². The number of hydrogen-bond acceptors (Lipinski definition) is 4. The van der Waals surface area contributed by atoms with Crippen LogP contribution in [0.2, 0.25) is 0 Å². The van der Waals surface area contributed by atoms with Gasteiger partial charge in [0.2, 0.25) is 0 Å². The lowest BCUT2D eigenvalue weighted by atomic mass is 9.99. The lowest BCUT2D eigenvalue weighted by Crippen LogP contribution is -2.23. The minimum atomic E-state index is -3.07. The van der Waals surface area contributed by atoms with Gasteiger partial charge in [-0.15, -0.1) is 0 Å². The van der Waals surface area contributed by atoms with Gasteiger partial charge in [0.25, 0.3) is 0 Å². The van der Waals surface area contributed by atoms with Gasteiger partial charge in [-0.05, 0) is 25.2 Å². The van der Waals surface area contributed by atoms with Crippen LogP contribution in [0.4, 0.5) is 5.82 Å². The van der Waals surface area contributed by atoms with Crippen molar-refractivity contribution in [1.29, 1.82) is 0 Å². The molecule has 1 atom stereocenters. The number of hydrogen-bond donors (Lipinski definition) is 1. The van der Waals surface area contributed by atoms with Crippen molar-refractivity contribution in [2.45, 2.75) is 44.8 Å². The molecule has 1 aliphatic heterocycles. The standard InChI is InChI=1S/C13H23N3O2S/c1-9(2)8-10-12(15-16(3)13(10)14)11-6-4-5-7-19(11,17)18/h9,11H,4-8,14H2,1-3H3. The normalized spacial score (nSPS) is 22.8. The molecule has 0 bridgehead atoms. The predicted molar refractivity (Wildman–Crippen MR) is 76.5 cm³/mol. The van der Waals surface area contributed by atoms with E-state index in [0.717, 1.165) is 24.8 Å². The first-order chi connectivity index (χ1) is 8.83. The SMILES string of the molecule is CC(C)Cc1c(C2CCCCS2(=O)=O)nn(C)c1N. The summed E-state index contributed by atoms with van der Waals surface area (Å²) in [5.41, 5.74) is 7.66. The fourth-order valence-corrected chi connectivity index (χ4v) is 4.69. The topological polar surface area (TPSA) is 78.0 Å². The molecule has 0 saturated carbocycles. The van der Waals surface area contributed by atoms with Crippen LogP contribution >= 0.6 is 0 Å². The number of sulfone groups is 1. The number of aryl methyl sites for hydroxylation is 1. The number of nitrogen functional groups attached to an aromatic ring is 1. The zero-order valence-electron chi connectivity index (χ0n) is 11.9. The van der Waals surface area contributed by atoms with Gasteiger partial charge in [-0.1, -0.05) is 20.3 Å². The van der Waals surface area contributed by atoms with Crippen LogP contribution < -0.4 is 5.73 Å². The molecular formula is C13H23N3O2S. The van der Waals surface area contributed by atoms with E-state index in [-0.39, 0.29) is 5.75 Å². The summed E-state index contributed by atoms with van der Waals surface area (Å²) in [6.45, 7) is 4.21. The second-order valence-corrected chi connectivity index (χ2v) is 8.13. The van der Waals surface area contributed by atoms with E-state index >= 15 is 0 Å². The number of anilines is 1. The van der Waals surface area contributed by atoms with E-state index in [2.05, 4.69) is 18.9 Å². The van der Waals surface area contributed by atoms with Crippen LogP contribution in [-0.2, 0) is 23.3 Å². The maximum Gasteiger partial charge on any atom is 0.158 e. The van der Waals surface area contributed by atoms with Crippen molar-refractivity contribution in [3.05, 3.63) is 11.3 Å². The smallest absolute Gasteiger partial charge is 0.158 e. The van der Waals surface area contributed by atoms with Crippen molar-refractivity contribution in [3.63, 3.8) is 0 Å². The number of nitrogens with zero attached hydrogens (tertiary/aromatic N) is 2. The molecule has 6 heteroatoms. The molecule has 1 aromatic rings. The van der Waals surface area contributed by atoms with E-state index in [1.54, 1.807) is 11.7 Å². The van der Waals surface area contributed by atoms with Crippen molar-refractivity contribution in [1.82, 2.24) is 9.78 Å². The lowest BCUT2D eigenvalue weighted by molar-refractivity contribution is 0.537. The van der Waals surface area contributed by atoms with E-state index < -0.39 is 15.1 Å². The summed E-state index contributed by atoms with van der Waals surface area (Å²) in [6, 6.07) is 0. The molecule has 2 heterocycles. The highest BCUT2D eigenvalue weighted by molar-refractivity contribution is 7.91. The third kappa shape index (κ3) is 2.78. The molecule has 1 unspecified atom stereocenters. The molecule has 0 aromatic carbocycles. The Morgan fingerprint density at radius 3 is 2.68 bits per heavy atom. The molecule has 5 nitrogen and oxygen atoms in total. The summed E-state index contributed by atoms with van der Waals surface area (Å²) >= 11 is 0. The highest BCUT2D eigenvalue weighted by Crippen LogP contribution is 2.36. The van der Waals surface area contributed by atoms with Crippen LogP contribution in [0.25, 0.3) is 0 Å². The average Bonchev–Trinajstić information content (AvgIpc) is 2.56. The molecule has 0 spiro atoms. The second kappa shape index (κ2) is 5.15. The Morgan fingerprint density at radius 2 is 2.11 bits per heavy atom. The molecule has 1 saturated heterocycles. The van der Waals surface area contributed by atoms with Crippen molar-refractivity contribution < 1.29 is 8.42 Å². The fourth-order valence-electron chi connectivity index (χ4n) is 2.74. The van der Waals surface area contributed by atoms with Gasteiger partial charge in [0.15, 0.2) is 9.84 Å². The highest BCUT2D eigenvalue weighted by Gasteiger charge is 2.35. The number of rotatable bonds is 3. The monoisotopic (exact) mass is 285 g/mol. The predicted octanol–water partition coefficient (Wildman–Crippen LogP) is 1.84. The summed E-state index contributed by atoms with van der Waals surface area (Å²) in [4.78, 5) is 0. The molecule has 2 N–H and O–H groups in total. The molecule has 1 aliphatic rings. The molecule has 2 rings (SSSR count). The minimum absolute atomic E-state index is 0.273. The maximum atomic E-state index is 12.3. The van der Waals surface area contributed by atoms with E-state index in [9.17, 15) is 8.42 Å². The molecule has 108 valence electrons. The number of aromatic nitrogens is 2. The first kappa shape index (κ1) is 14.4.